The SMILES string of the molecule is Cc1cc(OCCCn2ccc(N)n2)cc(C)c1Br. The van der Waals surface area contributed by atoms with Crippen molar-refractivity contribution in [3.8, 4) is 5.75 Å². The van der Waals surface area contributed by atoms with Gasteiger partial charge in [0.15, 0.2) is 0 Å². The van der Waals surface area contributed by atoms with Crippen molar-refractivity contribution in [2.75, 3.05) is 12.3 Å². The van der Waals surface area contributed by atoms with E-state index in [0.717, 1.165) is 23.2 Å². The first kappa shape index (κ1) is 13.9. The summed E-state index contributed by atoms with van der Waals surface area (Å²) in [4.78, 5) is 0. The number of halogens is 1. The van der Waals surface area contributed by atoms with Gasteiger partial charge in [0.05, 0.1) is 6.61 Å². The summed E-state index contributed by atoms with van der Waals surface area (Å²) >= 11 is 3.55. The van der Waals surface area contributed by atoms with Crippen molar-refractivity contribution in [3.05, 3.63) is 40.0 Å². The number of aromatic nitrogens is 2. The first-order valence-electron chi connectivity index (χ1n) is 6.25. The fourth-order valence-corrected chi connectivity index (χ4v) is 2.14. The molecule has 0 unspecified atom stereocenters. The Hall–Kier alpha value is -1.49. The minimum Gasteiger partial charge on any atom is -0.494 e. The predicted octanol–water partition coefficient (Wildman–Crippen LogP) is 3.31. The first-order valence-corrected chi connectivity index (χ1v) is 7.04. The van der Waals surface area contributed by atoms with Crippen molar-refractivity contribution in [2.45, 2.75) is 26.8 Å². The maximum atomic E-state index is 5.76. The summed E-state index contributed by atoms with van der Waals surface area (Å²) < 4.78 is 8.73. The van der Waals surface area contributed by atoms with Gasteiger partial charge in [0, 0.05) is 23.6 Å². The summed E-state index contributed by atoms with van der Waals surface area (Å²) in [6.07, 6.45) is 2.78. The molecule has 0 amide bonds. The maximum Gasteiger partial charge on any atom is 0.145 e. The van der Waals surface area contributed by atoms with E-state index in [-0.39, 0.29) is 0 Å². The van der Waals surface area contributed by atoms with Crippen LogP contribution in [0.4, 0.5) is 5.82 Å². The summed E-state index contributed by atoms with van der Waals surface area (Å²) in [5.41, 5.74) is 7.93. The monoisotopic (exact) mass is 323 g/mol. The number of benzene rings is 1. The second kappa shape index (κ2) is 6.10. The number of hydrogen-bond acceptors (Lipinski definition) is 3. The summed E-state index contributed by atoms with van der Waals surface area (Å²) in [6.45, 7) is 5.61. The Kier molecular flexibility index (Phi) is 4.47. The lowest BCUT2D eigenvalue weighted by molar-refractivity contribution is 0.298. The lowest BCUT2D eigenvalue weighted by Gasteiger charge is -2.10. The third-order valence-corrected chi connectivity index (χ3v) is 4.12. The molecule has 0 saturated heterocycles. The van der Waals surface area contributed by atoms with Gasteiger partial charge in [0.25, 0.3) is 0 Å². The van der Waals surface area contributed by atoms with Crippen molar-refractivity contribution < 1.29 is 4.74 Å². The van der Waals surface area contributed by atoms with Crippen molar-refractivity contribution >= 4 is 21.7 Å². The van der Waals surface area contributed by atoms with Crippen LogP contribution < -0.4 is 10.5 Å². The first-order chi connectivity index (χ1) is 9.06. The van der Waals surface area contributed by atoms with E-state index in [1.54, 1.807) is 6.07 Å². The van der Waals surface area contributed by atoms with E-state index in [2.05, 4.69) is 34.9 Å². The molecular weight excluding hydrogens is 306 g/mol. The van der Waals surface area contributed by atoms with Gasteiger partial charge in [-0.2, -0.15) is 5.10 Å². The Morgan fingerprint density at radius 3 is 2.58 bits per heavy atom. The molecule has 1 aromatic carbocycles. The molecule has 2 aromatic rings. The number of hydrogen-bond donors (Lipinski definition) is 1. The summed E-state index contributed by atoms with van der Waals surface area (Å²) in [6, 6.07) is 5.88. The third-order valence-electron chi connectivity index (χ3n) is 2.87. The van der Waals surface area contributed by atoms with Crippen LogP contribution in [0.2, 0.25) is 0 Å². The van der Waals surface area contributed by atoms with Gasteiger partial charge in [-0.25, -0.2) is 0 Å². The number of rotatable bonds is 5. The van der Waals surface area contributed by atoms with E-state index in [1.165, 1.54) is 11.1 Å². The minimum atomic E-state index is 0.556. The molecule has 0 bridgehead atoms. The number of ether oxygens (including phenoxy) is 1. The molecular formula is C14H18BrN3O. The van der Waals surface area contributed by atoms with Crippen LogP contribution in [0.15, 0.2) is 28.9 Å². The van der Waals surface area contributed by atoms with Crippen molar-refractivity contribution in [3.63, 3.8) is 0 Å². The molecule has 0 fully saturated rings. The fraction of sp³-hybridized carbons (Fsp3) is 0.357. The lowest BCUT2D eigenvalue weighted by atomic mass is 10.1. The number of aryl methyl sites for hydroxylation is 3. The number of anilines is 1. The molecule has 5 heteroatoms. The average Bonchev–Trinajstić information content (AvgIpc) is 2.77. The van der Waals surface area contributed by atoms with Gasteiger partial charge in [-0.3, -0.25) is 4.68 Å². The standard InChI is InChI=1S/C14H18BrN3O/c1-10-8-12(9-11(2)14(10)15)19-7-3-5-18-6-4-13(16)17-18/h4,6,8-9H,3,5,7H2,1-2H3,(H2,16,17). The van der Waals surface area contributed by atoms with Crippen LogP contribution in [0, 0.1) is 13.8 Å². The van der Waals surface area contributed by atoms with Crippen LogP contribution in [0.3, 0.4) is 0 Å². The largest absolute Gasteiger partial charge is 0.494 e. The van der Waals surface area contributed by atoms with Gasteiger partial charge in [0.1, 0.15) is 11.6 Å². The van der Waals surface area contributed by atoms with Gasteiger partial charge in [-0.15, -0.1) is 0 Å². The quantitative estimate of drug-likeness (QED) is 0.859. The molecule has 0 spiro atoms. The fourth-order valence-electron chi connectivity index (χ4n) is 1.91. The zero-order valence-corrected chi connectivity index (χ0v) is 12.8. The van der Waals surface area contributed by atoms with E-state index in [9.17, 15) is 0 Å². The van der Waals surface area contributed by atoms with E-state index in [1.807, 2.05) is 23.0 Å². The highest BCUT2D eigenvalue weighted by Crippen LogP contribution is 2.26. The van der Waals surface area contributed by atoms with Crippen molar-refractivity contribution in [1.82, 2.24) is 9.78 Å². The Bertz CT molecular complexity index is 543. The van der Waals surface area contributed by atoms with E-state index < -0.39 is 0 Å². The Morgan fingerprint density at radius 1 is 1.32 bits per heavy atom. The molecule has 0 atom stereocenters. The van der Waals surface area contributed by atoms with Gasteiger partial charge in [-0.05, 0) is 43.2 Å². The highest BCUT2D eigenvalue weighted by atomic mass is 79.9. The Morgan fingerprint density at radius 2 is 2.00 bits per heavy atom. The van der Waals surface area contributed by atoms with Gasteiger partial charge in [-0.1, -0.05) is 15.9 Å². The van der Waals surface area contributed by atoms with Crippen LogP contribution in [0.5, 0.6) is 5.75 Å². The highest BCUT2D eigenvalue weighted by molar-refractivity contribution is 9.10. The van der Waals surface area contributed by atoms with E-state index >= 15 is 0 Å². The van der Waals surface area contributed by atoms with Crippen LogP contribution in [-0.2, 0) is 6.54 Å². The zero-order valence-electron chi connectivity index (χ0n) is 11.2. The molecule has 1 heterocycles. The Labute approximate surface area is 121 Å². The van der Waals surface area contributed by atoms with E-state index in [0.29, 0.717) is 12.4 Å². The van der Waals surface area contributed by atoms with Crippen molar-refractivity contribution in [1.29, 1.82) is 0 Å². The summed E-state index contributed by atoms with van der Waals surface area (Å²) in [7, 11) is 0. The second-order valence-electron chi connectivity index (χ2n) is 4.58. The highest BCUT2D eigenvalue weighted by Gasteiger charge is 2.03. The molecule has 1 aromatic heterocycles. The number of nitrogen functional groups attached to an aromatic ring is 1. The maximum absolute atomic E-state index is 5.76. The lowest BCUT2D eigenvalue weighted by Crippen LogP contribution is -2.05. The van der Waals surface area contributed by atoms with Crippen LogP contribution in [0.25, 0.3) is 0 Å². The molecule has 4 nitrogen and oxygen atoms in total. The molecule has 2 N–H and O–H groups in total. The molecule has 0 radical (unpaired) electrons. The average molecular weight is 324 g/mol. The topological polar surface area (TPSA) is 53.1 Å². The molecule has 19 heavy (non-hydrogen) atoms. The molecule has 0 aliphatic rings. The van der Waals surface area contributed by atoms with Gasteiger partial charge < -0.3 is 10.5 Å². The molecule has 102 valence electrons. The zero-order chi connectivity index (χ0) is 13.8. The minimum absolute atomic E-state index is 0.556. The number of nitrogens with zero attached hydrogens (tertiary/aromatic N) is 2. The van der Waals surface area contributed by atoms with Crippen LogP contribution in [-0.4, -0.2) is 16.4 Å². The van der Waals surface area contributed by atoms with Crippen LogP contribution in [0.1, 0.15) is 17.5 Å². The van der Waals surface area contributed by atoms with Gasteiger partial charge in [0.2, 0.25) is 0 Å². The number of nitrogens with two attached hydrogens (primary N) is 1. The normalized spacial score (nSPS) is 10.7. The summed E-state index contributed by atoms with van der Waals surface area (Å²) in [5, 5.41) is 4.13. The second-order valence-corrected chi connectivity index (χ2v) is 5.37. The molecule has 2 rings (SSSR count). The van der Waals surface area contributed by atoms with Crippen LogP contribution >= 0.6 is 15.9 Å². The molecule has 0 saturated carbocycles. The van der Waals surface area contributed by atoms with Crippen molar-refractivity contribution in [2.24, 2.45) is 0 Å². The predicted molar refractivity (Wildman–Crippen MR) is 80.4 cm³/mol. The Balaban J connectivity index is 1.83. The summed E-state index contributed by atoms with van der Waals surface area (Å²) in [5.74, 6) is 1.47. The third kappa shape index (κ3) is 3.73. The smallest absolute Gasteiger partial charge is 0.145 e. The van der Waals surface area contributed by atoms with Gasteiger partial charge >= 0.3 is 0 Å². The molecule has 0 aliphatic heterocycles. The molecule has 0 aliphatic carbocycles. The van der Waals surface area contributed by atoms with E-state index in [4.69, 9.17) is 10.5 Å².